The quantitative estimate of drug-likeness (QED) is 0.702. The van der Waals surface area contributed by atoms with Crippen LogP contribution >= 0.6 is 0 Å². The standard InChI is InChI=1S/C22H17N3O3/c1-27-18-8-6-17(7-9-18)22(26)25-10-11-28-21-19(13-24-14-20(21)25)16-4-2-15(12-23)3-5-16/h2-9,13-14H,10-11H2,1H3. The number of nitriles is 1. The maximum absolute atomic E-state index is 13.1. The number of methoxy groups -OCH3 is 1. The average molecular weight is 371 g/mol. The molecule has 0 unspecified atom stereocenters. The molecule has 2 aromatic carbocycles. The van der Waals surface area contributed by atoms with Gasteiger partial charge in [-0.05, 0) is 42.0 Å². The summed E-state index contributed by atoms with van der Waals surface area (Å²) in [5.74, 6) is 1.20. The lowest BCUT2D eigenvalue weighted by molar-refractivity contribution is 0.0976. The van der Waals surface area contributed by atoms with Crippen LogP contribution in [0.2, 0.25) is 0 Å². The van der Waals surface area contributed by atoms with Crippen molar-refractivity contribution < 1.29 is 14.3 Å². The summed E-state index contributed by atoms with van der Waals surface area (Å²) in [5.41, 5.74) is 3.45. The molecule has 1 amide bonds. The van der Waals surface area contributed by atoms with E-state index in [0.717, 1.165) is 11.1 Å². The minimum absolute atomic E-state index is 0.119. The summed E-state index contributed by atoms with van der Waals surface area (Å²) < 4.78 is 11.1. The molecule has 1 aliphatic heterocycles. The number of anilines is 1. The number of benzene rings is 2. The Morgan fingerprint density at radius 2 is 1.89 bits per heavy atom. The first-order chi connectivity index (χ1) is 13.7. The Hall–Kier alpha value is -3.85. The monoisotopic (exact) mass is 371 g/mol. The molecular formula is C22H17N3O3. The van der Waals surface area contributed by atoms with Crippen LogP contribution in [0.25, 0.3) is 11.1 Å². The van der Waals surface area contributed by atoms with E-state index in [1.54, 1.807) is 60.8 Å². The van der Waals surface area contributed by atoms with Gasteiger partial charge in [0.2, 0.25) is 0 Å². The summed E-state index contributed by atoms with van der Waals surface area (Å²) in [5, 5.41) is 8.99. The Kier molecular flexibility index (Phi) is 4.65. The molecule has 138 valence electrons. The van der Waals surface area contributed by atoms with E-state index in [0.29, 0.717) is 41.5 Å². The van der Waals surface area contributed by atoms with E-state index in [4.69, 9.17) is 14.7 Å². The van der Waals surface area contributed by atoms with Crippen molar-refractivity contribution in [3.8, 4) is 28.7 Å². The lowest BCUT2D eigenvalue weighted by Crippen LogP contribution is -2.38. The third-order valence-corrected chi connectivity index (χ3v) is 4.64. The average Bonchev–Trinajstić information content (AvgIpc) is 2.78. The number of pyridine rings is 1. The second-order valence-corrected chi connectivity index (χ2v) is 6.26. The molecule has 6 nitrogen and oxygen atoms in total. The van der Waals surface area contributed by atoms with Gasteiger partial charge < -0.3 is 14.4 Å². The largest absolute Gasteiger partial charge is 0.497 e. The molecule has 0 atom stereocenters. The number of ether oxygens (including phenoxy) is 2. The van der Waals surface area contributed by atoms with Crippen LogP contribution in [0.5, 0.6) is 11.5 Å². The molecular weight excluding hydrogens is 354 g/mol. The van der Waals surface area contributed by atoms with Gasteiger partial charge in [-0.3, -0.25) is 9.78 Å². The second-order valence-electron chi connectivity index (χ2n) is 6.26. The molecule has 1 aromatic heterocycles. The Balaban J connectivity index is 1.71. The van der Waals surface area contributed by atoms with E-state index in [-0.39, 0.29) is 5.91 Å². The molecule has 28 heavy (non-hydrogen) atoms. The number of amides is 1. The molecule has 0 bridgehead atoms. The number of fused-ring (bicyclic) bond motifs is 1. The maximum atomic E-state index is 13.1. The SMILES string of the molecule is COc1ccc(C(=O)N2CCOc3c(-c4ccc(C#N)cc4)cncc32)cc1. The highest BCUT2D eigenvalue weighted by atomic mass is 16.5. The molecule has 0 aliphatic carbocycles. The normalized spacial score (nSPS) is 12.5. The first-order valence-electron chi connectivity index (χ1n) is 8.78. The Bertz CT molecular complexity index is 1050. The number of aromatic nitrogens is 1. The first kappa shape index (κ1) is 17.6. The van der Waals surface area contributed by atoms with E-state index >= 15 is 0 Å². The summed E-state index contributed by atoms with van der Waals surface area (Å²) in [6.45, 7) is 0.832. The molecule has 0 fully saturated rings. The number of hydrogen-bond donors (Lipinski definition) is 0. The van der Waals surface area contributed by atoms with Crippen LogP contribution in [-0.4, -0.2) is 31.2 Å². The number of carbonyl (C=O) groups is 1. The molecule has 0 radical (unpaired) electrons. The topological polar surface area (TPSA) is 75.4 Å². The molecule has 4 rings (SSSR count). The van der Waals surface area contributed by atoms with Gasteiger partial charge in [-0.25, -0.2) is 0 Å². The van der Waals surface area contributed by atoms with Crippen LogP contribution in [-0.2, 0) is 0 Å². The van der Waals surface area contributed by atoms with Gasteiger partial charge in [0.05, 0.1) is 31.5 Å². The van der Waals surface area contributed by atoms with Crippen LogP contribution in [0.1, 0.15) is 15.9 Å². The molecule has 3 aromatic rings. The molecule has 0 N–H and O–H groups in total. The number of rotatable bonds is 3. The van der Waals surface area contributed by atoms with Crippen molar-refractivity contribution in [1.29, 1.82) is 5.26 Å². The van der Waals surface area contributed by atoms with Gasteiger partial charge in [0, 0.05) is 17.3 Å². The summed E-state index contributed by atoms with van der Waals surface area (Å²) >= 11 is 0. The third-order valence-electron chi connectivity index (χ3n) is 4.64. The van der Waals surface area contributed by atoms with Gasteiger partial charge in [-0.15, -0.1) is 0 Å². The highest BCUT2D eigenvalue weighted by Gasteiger charge is 2.27. The zero-order valence-corrected chi connectivity index (χ0v) is 15.3. The van der Waals surface area contributed by atoms with Crippen LogP contribution in [0, 0.1) is 11.3 Å². The predicted octanol–water partition coefficient (Wildman–Crippen LogP) is 3.67. The third kappa shape index (κ3) is 3.14. The summed E-state index contributed by atoms with van der Waals surface area (Å²) in [6, 6.07) is 16.3. The lowest BCUT2D eigenvalue weighted by Gasteiger charge is -2.30. The molecule has 6 heteroatoms. The fraction of sp³-hybridized carbons (Fsp3) is 0.136. The molecule has 0 saturated carbocycles. The number of carbonyl (C=O) groups excluding carboxylic acids is 1. The zero-order valence-electron chi connectivity index (χ0n) is 15.3. The van der Waals surface area contributed by atoms with Crippen molar-refractivity contribution in [3.05, 3.63) is 72.1 Å². The summed E-state index contributed by atoms with van der Waals surface area (Å²) in [4.78, 5) is 19.1. The lowest BCUT2D eigenvalue weighted by atomic mass is 10.0. The summed E-state index contributed by atoms with van der Waals surface area (Å²) in [6.07, 6.45) is 3.35. The smallest absolute Gasteiger partial charge is 0.258 e. The predicted molar refractivity (Wildman–Crippen MR) is 105 cm³/mol. The van der Waals surface area contributed by atoms with E-state index < -0.39 is 0 Å². The van der Waals surface area contributed by atoms with Crippen molar-refractivity contribution in [2.75, 3.05) is 25.2 Å². The van der Waals surface area contributed by atoms with Gasteiger partial charge >= 0.3 is 0 Å². The highest BCUT2D eigenvalue weighted by Crippen LogP contribution is 2.40. The van der Waals surface area contributed by atoms with Crippen molar-refractivity contribution >= 4 is 11.6 Å². The maximum Gasteiger partial charge on any atom is 0.258 e. The Morgan fingerprint density at radius 1 is 1.14 bits per heavy atom. The van der Waals surface area contributed by atoms with Crippen molar-refractivity contribution in [3.63, 3.8) is 0 Å². The van der Waals surface area contributed by atoms with Gasteiger partial charge in [0.15, 0.2) is 5.75 Å². The zero-order chi connectivity index (χ0) is 19.5. The summed E-state index contributed by atoms with van der Waals surface area (Å²) in [7, 11) is 1.59. The van der Waals surface area contributed by atoms with Crippen LogP contribution in [0.4, 0.5) is 5.69 Å². The molecule has 1 aliphatic rings. The Morgan fingerprint density at radius 3 is 2.57 bits per heavy atom. The number of nitrogens with zero attached hydrogens (tertiary/aromatic N) is 3. The molecule has 2 heterocycles. The van der Waals surface area contributed by atoms with Crippen molar-refractivity contribution in [2.24, 2.45) is 0 Å². The Labute approximate surface area is 162 Å². The fourth-order valence-electron chi connectivity index (χ4n) is 3.17. The van der Waals surface area contributed by atoms with Gasteiger partial charge in [0.25, 0.3) is 5.91 Å². The van der Waals surface area contributed by atoms with Gasteiger partial charge in [0.1, 0.15) is 18.0 Å². The fourth-order valence-corrected chi connectivity index (χ4v) is 3.17. The van der Waals surface area contributed by atoms with Gasteiger partial charge in [-0.1, -0.05) is 12.1 Å². The van der Waals surface area contributed by atoms with Crippen LogP contribution < -0.4 is 14.4 Å². The first-order valence-corrected chi connectivity index (χ1v) is 8.78. The molecule has 0 saturated heterocycles. The van der Waals surface area contributed by atoms with E-state index in [2.05, 4.69) is 11.1 Å². The van der Waals surface area contributed by atoms with E-state index in [9.17, 15) is 4.79 Å². The van der Waals surface area contributed by atoms with Crippen LogP contribution in [0.15, 0.2) is 60.9 Å². The van der Waals surface area contributed by atoms with Crippen molar-refractivity contribution in [2.45, 2.75) is 0 Å². The molecule has 0 spiro atoms. The van der Waals surface area contributed by atoms with Crippen LogP contribution in [0.3, 0.4) is 0 Å². The van der Waals surface area contributed by atoms with E-state index in [1.165, 1.54) is 0 Å². The minimum Gasteiger partial charge on any atom is -0.497 e. The van der Waals surface area contributed by atoms with Gasteiger partial charge in [-0.2, -0.15) is 5.26 Å². The number of hydrogen-bond acceptors (Lipinski definition) is 5. The highest BCUT2D eigenvalue weighted by molar-refractivity contribution is 6.07. The second kappa shape index (κ2) is 7.41. The minimum atomic E-state index is -0.119. The van der Waals surface area contributed by atoms with E-state index in [1.807, 2.05) is 12.1 Å². The van der Waals surface area contributed by atoms with Crippen molar-refractivity contribution in [1.82, 2.24) is 4.98 Å².